The Bertz CT molecular complexity index is 1730. The van der Waals surface area contributed by atoms with Crippen molar-refractivity contribution in [2.24, 2.45) is 0 Å². The van der Waals surface area contributed by atoms with Crippen molar-refractivity contribution in [2.75, 3.05) is 5.32 Å². The molecule has 3 aromatic carbocycles. The van der Waals surface area contributed by atoms with Crippen molar-refractivity contribution in [3.63, 3.8) is 0 Å². The van der Waals surface area contributed by atoms with Crippen LogP contribution in [-0.4, -0.2) is 53.9 Å². The van der Waals surface area contributed by atoms with E-state index in [0.29, 0.717) is 45.9 Å². The average molecular weight is 615 g/mol. The fraction of sp³-hybridized carbons (Fsp3) is 0.100. The van der Waals surface area contributed by atoms with E-state index in [1.807, 2.05) is 30.3 Å². The number of hydrogen-bond acceptors (Lipinski definition) is 9. The number of carbonyl (C=O) groups excluding carboxylic acids is 2. The van der Waals surface area contributed by atoms with Crippen LogP contribution in [0.3, 0.4) is 0 Å². The predicted octanol–water partition coefficient (Wildman–Crippen LogP) is 4.47. The number of carbonyl (C=O) groups is 2. The molecule has 0 saturated carbocycles. The monoisotopic (exact) mass is 614 g/mol. The summed E-state index contributed by atoms with van der Waals surface area (Å²) < 4.78 is 1.48. The molecular formula is C30H24Cl2N8O3. The van der Waals surface area contributed by atoms with Gasteiger partial charge in [-0.15, -0.1) is 10.2 Å². The fourth-order valence-electron chi connectivity index (χ4n) is 4.32. The number of benzene rings is 3. The van der Waals surface area contributed by atoms with Gasteiger partial charge in [0.25, 0.3) is 0 Å². The summed E-state index contributed by atoms with van der Waals surface area (Å²) in [6, 6.07) is 23.0. The maximum Gasteiger partial charge on any atom is 0.244 e. The number of anilines is 1. The number of nitrogens with one attached hydrogen (secondary N) is 2. The Kier molecular flexibility index (Phi) is 9.47. The van der Waals surface area contributed by atoms with Crippen LogP contribution in [0.2, 0.25) is 10.2 Å². The molecule has 216 valence electrons. The summed E-state index contributed by atoms with van der Waals surface area (Å²) in [5.41, 5.74) is 4.65. The molecule has 0 aliphatic rings. The van der Waals surface area contributed by atoms with Gasteiger partial charge in [0.05, 0.1) is 17.4 Å². The van der Waals surface area contributed by atoms with Gasteiger partial charge in [0.15, 0.2) is 17.7 Å². The number of aldehydes is 1. The molecule has 43 heavy (non-hydrogen) atoms. The van der Waals surface area contributed by atoms with E-state index in [0.717, 1.165) is 11.1 Å². The van der Waals surface area contributed by atoms with Crippen molar-refractivity contribution in [2.45, 2.75) is 18.7 Å². The number of rotatable bonds is 11. The van der Waals surface area contributed by atoms with E-state index >= 15 is 0 Å². The maximum absolute atomic E-state index is 13.2. The SMILES string of the molecule is O=CC(O)Nc1ccc(-c2cc(C(Cc3ccccc3)NC(=O)/C=C/c3cc(Cl)ccc3-n3cnnn3)nnc2Cl)cc1. The number of aromatic nitrogens is 6. The molecule has 13 heteroatoms. The van der Waals surface area contributed by atoms with Crippen LogP contribution in [0.5, 0.6) is 0 Å². The fourth-order valence-corrected chi connectivity index (χ4v) is 4.70. The van der Waals surface area contributed by atoms with Crippen LogP contribution in [0.4, 0.5) is 5.69 Å². The van der Waals surface area contributed by atoms with Crippen molar-refractivity contribution in [3.05, 3.63) is 118 Å². The molecule has 0 aliphatic carbocycles. The maximum atomic E-state index is 13.2. The topological polar surface area (TPSA) is 148 Å². The van der Waals surface area contributed by atoms with Crippen molar-refractivity contribution in [1.82, 2.24) is 35.7 Å². The zero-order valence-electron chi connectivity index (χ0n) is 22.4. The standard InChI is InChI=1S/C30H24Cl2N8O3/c31-22-9-12-27(40-18-33-38-39-40)21(15-22)8-13-28(42)35-25(14-19-4-2-1-3-5-19)26-16-24(30(32)37-36-26)20-6-10-23(11-7-20)34-29(43)17-41/h1-13,15-18,25,29,34,43H,14H2,(H,35,42)/b13-8+. The minimum absolute atomic E-state index is 0.179. The van der Waals surface area contributed by atoms with E-state index in [4.69, 9.17) is 23.2 Å². The normalized spacial score (nSPS) is 12.5. The number of tetrazole rings is 1. The Morgan fingerprint density at radius 3 is 2.51 bits per heavy atom. The lowest BCUT2D eigenvalue weighted by atomic mass is 10.00. The molecule has 0 fully saturated rings. The molecule has 0 spiro atoms. The van der Waals surface area contributed by atoms with Crippen LogP contribution in [0.15, 0.2) is 91.3 Å². The minimum atomic E-state index is -1.31. The molecular weight excluding hydrogens is 591 g/mol. The van der Waals surface area contributed by atoms with Gasteiger partial charge in [-0.3, -0.25) is 9.59 Å². The zero-order chi connectivity index (χ0) is 30.2. The van der Waals surface area contributed by atoms with E-state index in [-0.39, 0.29) is 11.1 Å². The molecule has 3 N–H and O–H groups in total. The highest BCUT2D eigenvalue weighted by Gasteiger charge is 2.19. The van der Waals surface area contributed by atoms with Crippen molar-refractivity contribution in [1.29, 1.82) is 0 Å². The summed E-state index contributed by atoms with van der Waals surface area (Å²) in [5, 5.41) is 35.6. The molecule has 0 saturated heterocycles. The van der Waals surface area contributed by atoms with E-state index in [1.54, 1.807) is 54.6 Å². The quantitative estimate of drug-likeness (QED) is 0.111. The molecule has 2 unspecified atom stereocenters. The molecule has 0 radical (unpaired) electrons. The Labute approximate surface area is 256 Å². The third kappa shape index (κ3) is 7.66. The van der Waals surface area contributed by atoms with Gasteiger partial charge in [-0.05, 0) is 70.4 Å². The molecule has 5 aromatic rings. The number of halogens is 2. The lowest BCUT2D eigenvalue weighted by Gasteiger charge is -2.18. The summed E-state index contributed by atoms with van der Waals surface area (Å²) in [5.74, 6) is -0.369. The Hall–Kier alpha value is -4.97. The Balaban J connectivity index is 1.42. The lowest BCUT2D eigenvalue weighted by molar-refractivity contribution is -0.117. The highest BCUT2D eigenvalue weighted by Crippen LogP contribution is 2.30. The highest BCUT2D eigenvalue weighted by atomic mass is 35.5. The van der Waals surface area contributed by atoms with Gasteiger partial charge in [-0.25, -0.2) is 0 Å². The Morgan fingerprint density at radius 1 is 1.00 bits per heavy atom. The largest absolute Gasteiger partial charge is 0.367 e. The summed E-state index contributed by atoms with van der Waals surface area (Å²) in [7, 11) is 0. The molecule has 2 atom stereocenters. The third-order valence-electron chi connectivity index (χ3n) is 6.36. The van der Waals surface area contributed by atoms with Gasteiger partial charge in [0, 0.05) is 27.9 Å². The number of nitrogens with zero attached hydrogens (tertiary/aromatic N) is 6. The third-order valence-corrected chi connectivity index (χ3v) is 6.88. The smallest absolute Gasteiger partial charge is 0.244 e. The molecule has 0 bridgehead atoms. The van der Waals surface area contributed by atoms with Gasteiger partial charge in [0.2, 0.25) is 5.91 Å². The molecule has 2 heterocycles. The van der Waals surface area contributed by atoms with Crippen molar-refractivity contribution >= 4 is 47.2 Å². The molecule has 2 aromatic heterocycles. The van der Waals surface area contributed by atoms with Gasteiger partial charge in [-0.1, -0.05) is 65.7 Å². The second-order valence-electron chi connectivity index (χ2n) is 9.32. The van der Waals surface area contributed by atoms with Crippen LogP contribution < -0.4 is 10.6 Å². The van der Waals surface area contributed by atoms with E-state index in [9.17, 15) is 14.7 Å². The van der Waals surface area contributed by atoms with E-state index in [1.165, 1.54) is 17.1 Å². The van der Waals surface area contributed by atoms with Crippen LogP contribution >= 0.6 is 23.2 Å². The number of hydrogen-bond donors (Lipinski definition) is 3. The first-order chi connectivity index (χ1) is 20.9. The summed E-state index contributed by atoms with van der Waals surface area (Å²) in [6.45, 7) is 0. The second-order valence-corrected chi connectivity index (χ2v) is 10.1. The summed E-state index contributed by atoms with van der Waals surface area (Å²) in [6.07, 6.45) is 4.00. The molecule has 11 nitrogen and oxygen atoms in total. The van der Waals surface area contributed by atoms with Crippen LogP contribution in [0.1, 0.15) is 22.9 Å². The highest BCUT2D eigenvalue weighted by molar-refractivity contribution is 6.32. The van der Waals surface area contributed by atoms with Crippen LogP contribution in [-0.2, 0) is 16.0 Å². The first kappa shape index (κ1) is 29.5. The molecule has 1 amide bonds. The number of aliphatic hydroxyl groups is 1. The average Bonchev–Trinajstić information content (AvgIpc) is 3.56. The Morgan fingerprint density at radius 2 is 1.79 bits per heavy atom. The molecule has 5 rings (SSSR count). The lowest BCUT2D eigenvalue weighted by Crippen LogP contribution is -2.29. The zero-order valence-corrected chi connectivity index (χ0v) is 23.9. The van der Waals surface area contributed by atoms with Gasteiger partial charge in [0.1, 0.15) is 6.33 Å². The van der Waals surface area contributed by atoms with E-state index in [2.05, 4.69) is 36.4 Å². The van der Waals surface area contributed by atoms with E-state index < -0.39 is 12.3 Å². The van der Waals surface area contributed by atoms with Gasteiger partial charge < -0.3 is 15.7 Å². The van der Waals surface area contributed by atoms with Crippen molar-refractivity contribution < 1.29 is 14.7 Å². The van der Waals surface area contributed by atoms with Gasteiger partial charge in [-0.2, -0.15) is 9.78 Å². The number of amides is 1. The number of aliphatic hydroxyl groups excluding tert-OH is 1. The second kappa shape index (κ2) is 13.8. The van der Waals surface area contributed by atoms with Gasteiger partial charge >= 0.3 is 0 Å². The first-order valence-corrected chi connectivity index (χ1v) is 13.7. The predicted molar refractivity (Wildman–Crippen MR) is 162 cm³/mol. The van der Waals surface area contributed by atoms with Crippen LogP contribution in [0, 0.1) is 0 Å². The minimum Gasteiger partial charge on any atom is -0.367 e. The first-order valence-electron chi connectivity index (χ1n) is 13.0. The summed E-state index contributed by atoms with van der Waals surface area (Å²) in [4.78, 5) is 24.0. The molecule has 0 aliphatic heterocycles. The summed E-state index contributed by atoms with van der Waals surface area (Å²) >= 11 is 12.6. The van der Waals surface area contributed by atoms with Crippen LogP contribution in [0.25, 0.3) is 22.9 Å². The van der Waals surface area contributed by atoms with Crippen molar-refractivity contribution in [3.8, 4) is 16.8 Å².